The van der Waals surface area contributed by atoms with E-state index >= 15 is 0 Å². The van der Waals surface area contributed by atoms with Gasteiger partial charge in [0.1, 0.15) is 6.04 Å². The van der Waals surface area contributed by atoms with Crippen LogP contribution in [0.3, 0.4) is 0 Å². The molecule has 66 valence electrons. The van der Waals surface area contributed by atoms with Gasteiger partial charge in [-0.1, -0.05) is 13.8 Å². The summed E-state index contributed by atoms with van der Waals surface area (Å²) in [5, 5.41) is 14.1. The van der Waals surface area contributed by atoms with Gasteiger partial charge in [0, 0.05) is 13.1 Å². The Morgan fingerprint density at radius 2 is 2.09 bits per heavy atom. The number of carbonyl (C=O) groups excluding carboxylic acids is 1. The second-order valence-corrected chi connectivity index (χ2v) is 2.67. The molecule has 0 heterocycles. The van der Waals surface area contributed by atoms with Crippen LogP contribution in [0.4, 0.5) is 0 Å². The molecule has 1 unspecified atom stereocenters. The number of aliphatic hydroxyl groups is 1. The summed E-state index contributed by atoms with van der Waals surface area (Å²) in [5.41, 5.74) is 0. The maximum Gasteiger partial charge on any atom is 0.239 e. The third-order valence-corrected chi connectivity index (χ3v) is 1.28. The summed E-state index contributed by atoms with van der Waals surface area (Å²) in [6, 6.07) is -0.288. The Morgan fingerprint density at radius 3 is 2.36 bits per heavy atom. The maximum atomic E-state index is 10.9. The standard InChI is InChI=1S/C7H16N2O2/c1-5(2)9-6(4-10)7(11)8-3/h5-6,9-10H,4H2,1-3H3,(H,8,11). The molecule has 0 aliphatic heterocycles. The van der Waals surface area contributed by atoms with E-state index in [9.17, 15) is 4.79 Å². The monoisotopic (exact) mass is 160 g/mol. The van der Waals surface area contributed by atoms with E-state index in [1.165, 1.54) is 0 Å². The molecule has 0 aliphatic carbocycles. The average Bonchev–Trinajstić information content (AvgIpc) is 1.98. The highest BCUT2D eigenvalue weighted by molar-refractivity contribution is 5.81. The second kappa shape index (κ2) is 5.09. The summed E-state index contributed by atoms with van der Waals surface area (Å²) in [5.74, 6) is -0.179. The van der Waals surface area contributed by atoms with Gasteiger partial charge in [0.2, 0.25) is 5.91 Å². The Bertz CT molecular complexity index is 126. The maximum absolute atomic E-state index is 10.9. The van der Waals surface area contributed by atoms with Gasteiger partial charge in [-0.2, -0.15) is 0 Å². The largest absolute Gasteiger partial charge is 0.394 e. The van der Waals surface area contributed by atoms with Crippen molar-refractivity contribution >= 4 is 5.91 Å². The summed E-state index contributed by atoms with van der Waals surface area (Å²) in [6.45, 7) is 3.68. The Labute approximate surface area is 67.0 Å². The van der Waals surface area contributed by atoms with Crippen molar-refractivity contribution < 1.29 is 9.90 Å². The van der Waals surface area contributed by atoms with Gasteiger partial charge in [0.05, 0.1) is 6.61 Å². The fourth-order valence-corrected chi connectivity index (χ4v) is 0.788. The van der Waals surface area contributed by atoms with Crippen molar-refractivity contribution in [2.75, 3.05) is 13.7 Å². The lowest BCUT2D eigenvalue weighted by Crippen LogP contribution is -2.47. The molecule has 0 radical (unpaired) electrons. The van der Waals surface area contributed by atoms with Gasteiger partial charge in [-0.3, -0.25) is 4.79 Å². The van der Waals surface area contributed by atoms with Crippen molar-refractivity contribution in [1.82, 2.24) is 10.6 Å². The Kier molecular flexibility index (Phi) is 4.81. The van der Waals surface area contributed by atoms with Crippen LogP contribution in [-0.4, -0.2) is 36.8 Å². The third-order valence-electron chi connectivity index (χ3n) is 1.28. The molecule has 4 nitrogen and oxygen atoms in total. The minimum Gasteiger partial charge on any atom is -0.394 e. The summed E-state index contributed by atoms with van der Waals surface area (Å²) in [4.78, 5) is 10.9. The number of amides is 1. The first-order chi connectivity index (χ1) is 5.11. The summed E-state index contributed by atoms with van der Waals surface area (Å²) >= 11 is 0. The molecule has 0 spiro atoms. The van der Waals surface area contributed by atoms with Crippen LogP contribution in [0.2, 0.25) is 0 Å². The SMILES string of the molecule is CNC(=O)C(CO)NC(C)C. The van der Waals surface area contributed by atoms with Gasteiger partial charge in [-0.25, -0.2) is 0 Å². The smallest absolute Gasteiger partial charge is 0.239 e. The number of nitrogens with one attached hydrogen (secondary N) is 2. The molecule has 0 fully saturated rings. The summed E-state index contributed by atoms with van der Waals surface area (Å²) in [7, 11) is 1.55. The van der Waals surface area contributed by atoms with E-state index in [1.54, 1.807) is 7.05 Å². The zero-order valence-electron chi connectivity index (χ0n) is 7.22. The lowest BCUT2D eigenvalue weighted by molar-refractivity contribution is -0.123. The van der Waals surface area contributed by atoms with E-state index < -0.39 is 6.04 Å². The van der Waals surface area contributed by atoms with Gasteiger partial charge >= 0.3 is 0 Å². The molecule has 4 heteroatoms. The zero-order valence-corrected chi connectivity index (χ0v) is 7.22. The average molecular weight is 160 g/mol. The fourth-order valence-electron chi connectivity index (χ4n) is 0.788. The fraction of sp³-hybridized carbons (Fsp3) is 0.857. The molecule has 0 aliphatic rings. The van der Waals surface area contributed by atoms with Crippen LogP contribution in [0, 0.1) is 0 Å². The predicted molar refractivity (Wildman–Crippen MR) is 43.2 cm³/mol. The molecule has 1 amide bonds. The van der Waals surface area contributed by atoms with Crippen molar-refractivity contribution in [2.24, 2.45) is 0 Å². The molecular formula is C7H16N2O2. The van der Waals surface area contributed by atoms with Crippen LogP contribution < -0.4 is 10.6 Å². The van der Waals surface area contributed by atoms with E-state index in [4.69, 9.17) is 5.11 Å². The molecule has 0 aromatic carbocycles. The minimum absolute atomic E-state index is 0.169. The van der Waals surface area contributed by atoms with E-state index in [1.807, 2.05) is 13.8 Å². The van der Waals surface area contributed by atoms with E-state index in [0.717, 1.165) is 0 Å². The lowest BCUT2D eigenvalue weighted by Gasteiger charge is -2.16. The normalized spacial score (nSPS) is 13.2. The third kappa shape index (κ3) is 3.95. The van der Waals surface area contributed by atoms with Gasteiger partial charge < -0.3 is 15.7 Å². The van der Waals surface area contributed by atoms with Gasteiger partial charge in [-0.05, 0) is 0 Å². The van der Waals surface area contributed by atoms with Crippen LogP contribution in [-0.2, 0) is 4.79 Å². The number of rotatable bonds is 4. The first kappa shape index (κ1) is 10.4. The number of hydrogen-bond acceptors (Lipinski definition) is 3. The topological polar surface area (TPSA) is 61.4 Å². The number of aliphatic hydroxyl groups excluding tert-OH is 1. The molecule has 0 saturated carbocycles. The molecular weight excluding hydrogens is 144 g/mol. The molecule has 0 rings (SSSR count). The van der Waals surface area contributed by atoms with Crippen LogP contribution in [0.15, 0.2) is 0 Å². The minimum atomic E-state index is -0.486. The van der Waals surface area contributed by atoms with Crippen LogP contribution in [0.1, 0.15) is 13.8 Å². The highest BCUT2D eigenvalue weighted by Crippen LogP contribution is 1.85. The molecule has 0 saturated heterocycles. The highest BCUT2D eigenvalue weighted by Gasteiger charge is 2.15. The second-order valence-electron chi connectivity index (χ2n) is 2.67. The van der Waals surface area contributed by atoms with Crippen molar-refractivity contribution in [1.29, 1.82) is 0 Å². The first-order valence-electron chi connectivity index (χ1n) is 3.70. The van der Waals surface area contributed by atoms with Gasteiger partial charge in [-0.15, -0.1) is 0 Å². The van der Waals surface area contributed by atoms with Crippen molar-refractivity contribution in [3.63, 3.8) is 0 Å². The van der Waals surface area contributed by atoms with Gasteiger partial charge in [0.25, 0.3) is 0 Å². The van der Waals surface area contributed by atoms with Crippen LogP contribution >= 0.6 is 0 Å². The molecule has 0 aromatic heterocycles. The molecule has 0 aromatic rings. The highest BCUT2D eigenvalue weighted by atomic mass is 16.3. The Hall–Kier alpha value is -0.610. The zero-order chi connectivity index (χ0) is 8.85. The summed E-state index contributed by atoms with van der Waals surface area (Å²) in [6.07, 6.45) is 0. The van der Waals surface area contributed by atoms with Crippen molar-refractivity contribution in [3.05, 3.63) is 0 Å². The Balaban J connectivity index is 3.84. The van der Waals surface area contributed by atoms with Crippen LogP contribution in [0.25, 0.3) is 0 Å². The van der Waals surface area contributed by atoms with Gasteiger partial charge in [0.15, 0.2) is 0 Å². The first-order valence-corrected chi connectivity index (χ1v) is 3.70. The van der Waals surface area contributed by atoms with Crippen molar-refractivity contribution in [2.45, 2.75) is 25.9 Å². The quantitative estimate of drug-likeness (QED) is 0.499. The molecule has 1 atom stereocenters. The Morgan fingerprint density at radius 1 is 1.55 bits per heavy atom. The summed E-state index contributed by atoms with van der Waals surface area (Å²) < 4.78 is 0. The van der Waals surface area contributed by atoms with E-state index in [-0.39, 0.29) is 18.6 Å². The van der Waals surface area contributed by atoms with Crippen molar-refractivity contribution in [3.8, 4) is 0 Å². The molecule has 3 N–H and O–H groups in total. The van der Waals surface area contributed by atoms with E-state index in [2.05, 4.69) is 10.6 Å². The predicted octanol–water partition coefficient (Wildman–Crippen LogP) is -0.909. The van der Waals surface area contributed by atoms with E-state index in [0.29, 0.717) is 0 Å². The number of likely N-dealkylation sites (N-methyl/N-ethyl adjacent to an activating group) is 1. The molecule has 0 bridgehead atoms. The number of hydrogen-bond donors (Lipinski definition) is 3. The lowest BCUT2D eigenvalue weighted by atomic mass is 10.2. The molecule has 11 heavy (non-hydrogen) atoms. The number of carbonyl (C=O) groups is 1. The van der Waals surface area contributed by atoms with Crippen LogP contribution in [0.5, 0.6) is 0 Å².